The zero-order valence-electron chi connectivity index (χ0n) is 9.82. The Morgan fingerprint density at radius 3 is 1.60 bits per heavy atom. The molecule has 0 aromatic carbocycles. The topological polar surface area (TPSA) is 75.6 Å². The van der Waals surface area contributed by atoms with Crippen LogP contribution in [0, 0.1) is 0 Å². The summed E-state index contributed by atoms with van der Waals surface area (Å²) in [5.41, 5.74) is 0. The summed E-state index contributed by atoms with van der Waals surface area (Å²) in [6.07, 6.45) is 1.25. The molecule has 1 aliphatic heterocycles. The van der Waals surface area contributed by atoms with E-state index in [1.165, 1.54) is 13.3 Å². The summed E-state index contributed by atoms with van der Waals surface area (Å²) in [4.78, 5) is 0. The van der Waals surface area contributed by atoms with Gasteiger partial charge < -0.3 is 10.1 Å². The minimum Gasteiger partial charge on any atom is -0.379 e. The fourth-order valence-electron chi connectivity index (χ4n) is 0.516. The van der Waals surface area contributed by atoms with E-state index in [0.29, 0.717) is 0 Å². The average Bonchev–Trinajstić information content (AvgIpc) is 2.21. The molecule has 1 heterocycles. The lowest BCUT2D eigenvalue weighted by molar-refractivity contribution is 0.109. The summed E-state index contributed by atoms with van der Waals surface area (Å²) in [7, 11) is -3.66. The van der Waals surface area contributed by atoms with Crippen molar-refractivity contribution >= 4 is 10.1 Å². The molecule has 2 N–H and O–H groups in total. The third-order valence-electron chi connectivity index (χ3n) is 1.21. The Morgan fingerprint density at radius 1 is 1.20 bits per heavy atom. The molecule has 0 radical (unpaired) electrons. The lowest BCUT2D eigenvalue weighted by Crippen LogP contribution is -2.30. The summed E-state index contributed by atoms with van der Waals surface area (Å²) in [5.74, 6) is -0.201. The van der Waals surface area contributed by atoms with Crippen LogP contribution in [0.15, 0.2) is 0 Å². The van der Waals surface area contributed by atoms with E-state index in [4.69, 9.17) is 9.29 Å². The minimum absolute atomic E-state index is 0.201. The van der Waals surface area contributed by atoms with Crippen molar-refractivity contribution in [1.29, 1.82) is 0 Å². The summed E-state index contributed by atoms with van der Waals surface area (Å²) < 4.78 is 31.9. The first-order valence-corrected chi connectivity index (χ1v) is 6.82. The van der Waals surface area contributed by atoms with Crippen LogP contribution in [-0.4, -0.2) is 45.0 Å². The first-order valence-electron chi connectivity index (χ1n) is 5.21. The monoisotopic (exact) mass is 241 g/mol. The summed E-state index contributed by atoms with van der Waals surface area (Å²) in [6.45, 7) is 9.45. The third kappa shape index (κ3) is 24.8. The molecular weight excluding hydrogens is 218 g/mol. The van der Waals surface area contributed by atoms with Gasteiger partial charge in [0.05, 0.1) is 19.0 Å². The predicted octanol–water partition coefficient (Wildman–Crippen LogP) is 0.917. The van der Waals surface area contributed by atoms with E-state index in [9.17, 15) is 8.42 Å². The zero-order valence-corrected chi connectivity index (χ0v) is 10.6. The molecule has 0 aromatic heterocycles. The Kier molecular flexibility index (Phi) is 13.7. The van der Waals surface area contributed by atoms with E-state index in [1.807, 2.05) is 0 Å². The van der Waals surface area contributed by atoms with Gasteiger partial charge in [0.15, 0.2) is 0 Å². The van der Waals surface area contributed by atoms with E-state index in [2.05, 4.69) is 19.2 Å². The van der Waals surface area contributed by atoms with Crippen molar-refractivity contribution in [3.8, 4) is 0 Å². The van der Waals surface area contributed by atoms with Crippen LogP contribution in [0.5, 0.6) is 0 Å². The molecule has 0 atom stereocenters. The second-order valence-electron chi connectivity index (χ2n) is 2.94. The molecule has 5 nitrogen and oxygen atoms in total. The summed E-state index contributed by atoms with van der Waals surface area (Å²) >= 11 is 0. The van der Waals surface area contributed by atoms with Crippen molar-refractivity contribution in [3.63, 3.8) is 0 Å². The highest BCUT2D eigenvalue weighted by atomic mass is 32.2. The van der Waals surface area contributed by atoms with Crippen molar-refractivity contribution in [2.75, 3.05) is 32.1 Å². The van der Waals surface area contributed by atoms with Crippen LogP contribution >= 0.6 is 0 Å². The van der Waals surface area contributed by atoms with E-state index in [0.717, 1.165) is 26.3 Å². The maximum absolute atomic E-state index is 9.56. The SMILES string of the molecule is C1COCCN1.CCC.CCS(=O)(=O)O. The van der Waals surface area contributed by atoms with E-state index < -0.39 is 10.1 Å². The van der Waals surface area contributed by atoms with Crippen LogP contribution in [0.25, 0.3) is 0 Å². The van der Waals surface area contributed by atoms with Gasteiger partial charge in [0, 0.05) is 13.1 Å². The molecule has 0 saturated carbocycles. The Hall–Kier alpha value is -0.170. The lowest BCUT2D eigenvalue weighted by atomic mass is 10.5. The number of ether oxygens (including phenoxy) is 1. The number of hydrogen-bond acceptors (Lipinski definition) is 4. The van der Waals surface area contributed by atoms with Gasteiger partial charge in [-0.25, -0.2) is 0 Å². The number of rotatable bonds is 1. The summed E-state index contributed by atoms with van der Waals surface area (Å²) in [5, 5.41) is 3.16. The van der Waals surface area contributed by atoms with Gasteiger partial charge in [-0.15, -0.1) is 0 Å². The molecule has 0 aromatic rings. The van der Waals surface area contributed by atoms with E-state index in [-0.39, 0.29) is 5.75 Å². The van der Waals surface area contributed by atoms with Crippen LogP contribution in [-0.2, 0) is 14.9 Å². The molecule has 0 amide bonds. The van der Waals surface area contributed by atoms with Gasteiger partial charge in [0.1, 0.15) is 0 Å². The van der Waals surface area contributed by atoms with Crippen LogP contribution in [0.1, 0.15) is 27.2 Å². The molecule has 0 unspecified atom stereocenters. The lowest BCUT2D eigenvalue weighted by Gasteiger charge is -2.10. The van der Waals surface area contributed by atoms with Gasteiger partial charge in [0.25, 0.3) is 10.1 Å². The molecule has 1 rings (SSSR count). The largest absolute Gasteiger partial charge is 0.379 e. The molecule has 6 heteroatoms. The highest BCUT2D eigenvalue weighted by Gasteiger charge is 1.93. The number of hydrogen-bond donors (Lipinski definition) is 2. The molecule has 0 aliphatic carbocycles. The molecule has 0 bridgehead atoms. The average molecular weight is 241 g/mol. The molecule has 94 valence electrons. The van der Waals surface area contributed by atoms with Gasteiger partial charge in [-0.05, 0) is 6.92 Å². The first kappa shape index (κ1) is 17.2. The van der Waals surface area contributed by atoms with Crippen LogP contribution < -0.4 is 5.32 Å². The smallest absolute Gasteiger partial charge is 0.264 e. The van der Waals surface area contributed by atoms with Crippen LogP contribution in [0.3, 0.4) is 0 Å². The minimum atomic E-state index is -3.66. The third-order valence-corrected chi connectivity index (χ3v) is 1.94. The number of morpholine rings is 1. The van der Waals surface area contributed by atoms with E-state index in [1.54, 1.807) is 0 Å². The highest BCUT2D eigenvalue weighted by molar-refractivity contribution is 7.85. The van der Waals surface area contributed by atoms with Gasteiger partial charge in [-0.2, -0.15) is 8.42 Å². The van der Waals surface area contributed by atoms with Gasteiger partial charge in [-0.3, -0.25) is 4.55 Å². The van der Waals surface area contributed by atoms with Crippen LogP contribution in [0.4, 0.5) is 0 Å². The van der Waals surface area contributed by atoms with Crippen molar-refractivity contribution in [3.05, 3.63) is 0 Å². The zero-order chi connectivity index (χ0) is 12.2. The Balaban J connectivity index is 0. The highest BCUT2D eigenvalue weighted by Crippen LogP contribution is 1.76. The molecule has 0 spiro atoms. The quantitative estimate of drug-likeness (QED) is 0.668. The Bertz CT molecular complexity index is 189. The molecule has 1 saturated heterocycles. The normalized spacial score (nSPS) is 15.5. The molecule has 15 heavy (non-hydrogen) atoms. The van der Waals surface area contributed by atoms with Crippen molar-refractivity contribution in [2.24, 2.45) is 0 Å². The van der Waals surface area contributed by atoms with Crippen molar-refractivity contribution in [2.45, 2.75) is 27.2 Å². The molecular formula is C9H23NO4S. The Morgan fingerprint density at radius 2 is 1.53 bits per heavy atom. The van der Waals surface area contributed by atoms with E-state index >= 15 is 0 Å². The molecule has 1 fully saturated rings. The first-order chi connectivity index (χ1) is 6.97. The maximum Gasteiger partial charge on any atom is 0.264 e. The summed E-state index contributed by atoms with van der Waals surface area (Å²) in [6, 6.07) is 0. The standard InChI is InChI=1S/C4H9NO.C3H8.C2H6O3S/c1-3-6-4-2-5-1;1-3-2;1-2-6(3,4)5/h5H,1-4H2;3H2,1-2H3;2H2,1H3,(H,3,4,5). The second kappa shape index (κ2) is 11.9. The fraction of sp³-hybridized carbons (Fsp3) is 1.00. The van der Waals surface area contributed by atoms with Crippen LogP contribution in [0.2, 0.25) is 0 Å². The number of nitrogens with one attached hydrogen (secondary N) is 1. The second-order valence-corrected chi connectivity index (χ2v) is 4.68. The maximum atomic E-state index is 9.56. The van der Waals surface area contributed by atoms with Gasteiger partial charge >= 0.3 is 0 Å². The van der Waals surface area contributed by atoms with Gasteiger partial charge in [-0.1, -0.05) is 20.3 Å². The van der Waals surface area contributed by atoms with Crippen molar-refractivity contribution < 1.29 is 17.7 Å². The Labute approximate surface area is 93.0 Å². The fourth-order valence-corrected chi connectivity index (χ4v) is 0.516. The molecule has 1 aliphatic rings. The predicted molar refractivity (Wildman–Crippen MR) is 61.7 cm³/mol. The van der Waals surface area contributed by atoms with Crippen molar-refractivity contribution in [1.82, 2.24) is 5.32 Å². The van der Waals surface area contributed by atoms with Gasteiger partial charge in [0.2, 0.25) is 0 Å².